The van der Waals surface area contributed by atoms with E-state index in [-0.39, 0.29) is 40.8 Å². The monoisotopic (exact) mass is 388 g/mol. The van der Waals surface area contributed by atoms with Crippen molar-refractivity contribution in [2.75, 3.05) is 6.61 Å². The number of fused-ring (bicyclic) bond motifs is 5. The van der Waals surface area contributed by atoms with E-state index in [0.717, 1.165) is 32.1 Å². The lowest BCUT2D eigenvalue weighted by Crippen LogP contribution is -2.57. The van der Waals surface area contributed by atoms with Crippen molar-refractivity contribution in [2.24, 2.45) is 34.5 Å². The number of hydrogen-bond acceptors (Lipinski definition) is 5. The summed E-state index contributed by atoms with van der Waals surface area (Å²) in [6, 6.07) is 0. The van der Waals surface area contributed by atoms with Crippen molar-refractivity contribution in [1.82, 2.24) is 0 Å². The molecule has 0 unspecified atom stereocenters. The van der Waals surface area contributed by atoms with Crippen LogP contribution in [0.4, 0.5) is 0 Å². The quantitative estimate of drug-likeness (QED) is 0.751. The molecular weight excluding hydrogens is 356 g/mol. The molecule has 0 aromatic rings. The van der Waals surface area contributed by atoms with Crippen LogP contribution in [0.3, 0.4) is 0 Å². The van der Waals surface area contributed by atoms with Gasteiger partial charge in [0.25, 0.3) is 0 Å². The number of aliphatic hydroxyl groups excluding tert-OH is 1. The number of hydrogen-bond donors (Lipinski definition) is 1. The Kier molecular flexibility index (Phi) is 4.80. The Labute approximate surface area is 166 Å². The van der Waals surface area contributed by atoms with Gasteiger partial charge in [-0.1, -0.05) is 19.4 Å². The summed E-state index contributed by atoms with van der Waals surface area (Å²) in [4.78, 5) is 35.9. The van der Waals surface area contributed by atoms with Crippen LogP contribution in [0.1, 0.15) is 65.7 Å². The van der Waals surface area contributed by atoms with Gasteiger partial charge in [0.2, 0.25) is 0 Å². The fourth-order valence-electron chi connectivity index (χ4n) is 7.49. The van der Waals surface area contributed by atoms with Gasteiger partial charge in [0, 0.05) is 19.3 Å². The second kappa shape index (κ2) is 6.79. The number of aliphatic hydroxyl groups is 1. The number of carbonyl (C=O) groups excluding carboxylic acids is 3. The molecule has 28 heavy (non-hydrogen) atoms. The van der Waals surface area contributed by atoms with Crippen molar-refractivity contribution in [2.45, 2.75) is 71.8 Å². The SMILES string of the molecule is CC(=O)OCC(=O)[C@H]1CC[C@@H]2[C@H]3CCC4=CC(=O)CC[C@]4(C)[C@H]3[C@@H](O)C[C@]12C. The topological polar surface area (TPSA) is 80.7 Å². The van der Waals surface area contributed by atoms with Crippen LogP contribution in [0.2, 0.25) is 0 Å². The van der Waals surface area contributed by atoms with Crippen LogP contribution in [0.25, 0.3) is 0 Å². The highest BCUT2D eigenvalue weighted by Gasteiger charge is 2.62. The zero-order valence-corrected chi connectivity index (χ0v) is 17.2. The molecule has 3 fully saturated rings. The number of ether oxygens (including phenoxy) is 1. The molecule has 7 atom stereocenters. The first-order valence-electron chi connectivity index (χ1n) is 10.7. The molecule has 0 radical (unpaired) electrons. The number of allylic oxidation sites excluding steroid dienone is 1. The molecule has 0 bridgehead atoms. The third kappa shape index (κ3) is 2.89. The molecule has 1 N–H and O–H groups in total. The van der Waals surface area contributed by atoms with Gasteiger partial charge in [-0.15, -0.1) is 0 Å². The minimum absolute atomic E-state index is 0.00304. The summed E-state index contributed by atoms with van der Waals surface area (Å²) in [6.45, 7) is 5.58. The van der Waals surface area contributed by atoms with Crippen LogP contribution < -0.4 is 0 Å². The third-order valence-corrected chi connectivity index (χ3v) is 8.70. The standard InChI is InChI=1S/C23H32O5/c1-13(24)28-12-20(27)18-7-6-17-16-5-4-14-10-15(25)8-9-22(14,2)21(16)19(26)11-23(17,18)3/h10,16-19,21,26H,4-9,11-12H2,1-3H3/t16-,17-,18-,19+,21-,22+,23+/m1/s1. The fourth-order valence-corrected chi connectivity index (χ4v) is 7.49. The van der Waals surface area contributed by atoms with E-state index in [0.29, 0.717) is 24.7 Å². The Bertz CT molecular complexity index is 739. The van der Waals surface area contributed by atoms with Crippen LogP contribution in [0.15, 0.2) is 11.6 Å². The maximum atomic E-state index is 12.8. The molecule has 4 rings (SSSR count). The van der Waals surface area contributed by atoms with Gasteiger partial charge in [-0.05, 0) is 73.2 Å². The lowest BCUT2D eigenvalue weighted by Gasteiger charge is -2.59. The van der Waals surface area contributed by atoms with Crippen LogP contribution in [-0.2, 0) is 19.1 Å². The minimum atomic E-state index is -0.463. The van der Waals surface area contributed by atoms with Crippen molar-refractivity contribution in [1.29, 1.82) is 0 Å². The van der Waals surface area contributed by atoms with E-state index in [1.807, 2.05) is 6.08 Å². The number of esters is 1. The number of Topliss-reactive ketones (excluding diaryl/α,β-unsaturated/α-hetero) is 1. The first-order chi connectivity index (χ1) is 13.2. The number of carbonyl (C=O) groups is 3. The van der Waals surface area contributed by atoms with Crippen molar-refractivity contribution in [3.8, 4) is 0 Å². The molecule has 0 heterocycles. The normalized spacial score (nSPS) is 44.8. The zero-order valence-electron chi connectivity index (χ0n) is 17.2. The average Bonchev–Trinajstić information content (AvgIpc) is 2.96. The lowest BCUT2D eigenvalue weighted by atomic mass is 9.46. The van der Waals surface area contributed by atoms with Crippen molar-refractivity contribution in [3.63, 3.8) is 0 Å². The van der Waals surface area contributed by atoms with Gasteiger partial charge in [0.15, 0.2) is 11.6 Å². The summed E-state index contributed by atoms with van der Waals surface area (Å²) in [6.07, 6.45) is 7.12. The van der Waals surface area contributed by atoms with Crippen molar-refractivity contribution >= 4 is 17.5 Å². The summed E-state index contributed by atoms with van der Waals surface area (Å²) in [5, 5.41) is 11.3. The molecule has 5 nitrogen and oxygen atoms in total. The Hall–Kier alpha value is -1.49. The minimum Gasteiger partial charge on any atom is -0.458 e. The largest absolute Gasteiger partial charge is 0.458 e. The maximum Gasteiger partial charge on any atom is 0.303 e. The van der Waals surface area contributed by atoms with Gasteiger partial charge in [-0.2, -0.15) is 0 Å². The summed E-state index contributed by atoms with van der Waals surface area (Å²) in [7, 11) is 0. The molecule has 3 saturated carbocycles. The lowest BCUT2D eigenvalue weighted by molar-refractivity contribution is -0.154. The molecule has 4 aliphatic carbocycles. The Morgan fingerprint density at radius 2 is 1.96 bits per heavy atom. The van der Waals surface area contributed by atoms with Gasteiger partial charge in [0.1, 0.15) is 6.61 Å². The van der Waals surface area contributed by atoms with Crippen LogP contribution in [-0.4, -0.2) is 35.4 Å². The van der Waals surface area contributed by atoms with E-state index < -0.39 is 12.1 Å². The number of ketones is 2. The molecule has 154 valence electrons. The molecule has 5 heteroatoms. The molecule has 0 aromatic carbocycles. The molecular formula is C23H32O5. The van der Waals surface area contributed by atoms with E-state index in [9.17, 15) is 19.5 Å². The first-order valence-corrected chi connectivity index (χ1v) is 10.7. The molecule has 0 spiro atoms. The highest BCUT2D eigenvalue weighted by atomic mass is 16.5. The van der Waals surface area contributed by atoms with Gasteiger partial charge < -0.3 is 9.84 Å². The van der Waals surface area contributed by atoms with Crippen LogP contribution in [0.5, 0.6) is 0 Å². The van der Waals surface area contributed by atoms with E-state index in [1.54, 1.807) is 0 Å². The second-order valence-electron chi connectivity index (χ2n) is 10.0. The predicted molar refractivity (Wildman–Crippen MR) is 103 cm³/mol. The molecule has 0 saturated heterocycles. The van der Waals surface area contributed by atoms with E-state index in [1.165, 1.54) is 12.5 Å². The fraction of sp³-hybridized carbons (Fsp3) is 0.783. The third-order valence-electron chi connectivity index (χ3n) is 8.70. The van der Waals surface area contributed by atoms with Crippen molar-refractivity contribution in [3.05, 3.63) is 11.6 Å². The maximum absolute atomic E-state index is 12.8. The Balaban J connectivity index is 1.61. The smallest absolute Gasteiger partial charge is 0.303 e. The van der Waals surface area contributed by atoms with E-state index >= 15 is 0 Å². The second-order valence-corrected chi connectivity index (χ2v) is 10.0. The summed E-state index contributed by atoms with van der Waals surface area (Å²) in [5.41, 5.74) is 0.894. The highest BCUT2D eigenvalue weighted by molar-refractivity contribution is 5.91. The predicted octanol–water partition coefficient (Wildman–Crippen LogP) is 3.24. The molecule has 4 aliphatic rings. The first kappa shape index (κ1) is 19.8. The van der Waals surface area contributed by atoms with Gasteiger partial charge in [-0.3, -0.25) is 14.4 Å². The molecule has 0 amide bonds. The summed E-state index contributed by atoms with van der Waals surface area (Å²) >= 11 is 0. The summed E-state index contributed by atoms with van der Waals surface area (Å²) < 4.78 is 4.98. The highest BCUT2D eigenvalue weighted by Crippen LogP contribution is 2.66. The van der Waals surface area contributed by atoms with Crippen LogP contribution in [0, 0.1) is 34.5 Å². The van der Waals surface area contributed by atoms with Crippen LogP contribution >= 0.6 is 0 Å². The Morgan fingerprint density at radius 1 is 1.21 bits per heavy atom. The Morgan fingerprint density at radius 3 is 2.68 bits per heavy atom. The van der Waals surface area contributed by atoms with E-state index in [2.05, 4.69) is 13.8 Å². The van der Waals surface area contributed by atoms with E-state index in [4.69, 9.17) is 4.74 Å². The van der Waals surface area contributed by atoms with Gasteiger partial charge in [-0.25, -0.2) is 0 Å². The molecule has 0 aliphatic heterocycles. The number of rotatable bonds is 3. The summed E-state index contributed by atoms with van der Waals surface area (Å²) in [5.74, 6) is 0.600. The average molecular weight is 389 g/mol. The molecule has 0 aromatic heterocycles. The van der Waals surface area contributed by atoms with Gasteiger partial charge >= 0.3 is 5.97 Å². The van der Waals surface area contributed by atoms with Gasteiger partial charge in [0.05, 0.1) is 6.10 Å². The zero-order chi connectivity index (χ0) is 20.3. The van der Waals surface area contributed by atoms with Crippen molar-refractivity contribution < 1.29 is 24.2 Å².